The summed E-state index contributed by atoms with van der Waals surface area (Å²) in [6.45, 7) is -2.00. The second-order valence-corrected chi connectivity index (χ2v) is 9.28. The van der Waals surface area contributed by atoms with Gasteiger partial charge in [0.15, 0.2) is 0 Å². The van der Waals surface area contributed by atoms with E-state index in [2.05, 4.69) is 0 Å². The minimum Gasteiger partial charge on any atom is -0.381 e. The quantitative estimate of drug-likeness (QED) is 0.187. The molecule has 0 aromatic carbocycles. The zero-order chi connectivity index (χ0) is 18.7. The molecular weight excluding hydrogens is 405 g/mol. The van der Waals surface area contributed by atoms with E-state index < -0.39 is 60.0 Å². The molecule has 0 heterocycles. The molecule has 0 bridgehead atoms. The Balaban J connectivity index is 5.48. The fourth-order valence-corrected chi connectivity index (χ4v) is 4.92. The van der Waals surface area contributed by atoms with Crippen molar-refractivity contribution in [2.24, 2.45) is 0 Å². The van der Waals surface area contributed by atoms with E-state index in [1.54, 1.807) is 0 Å². The maximum absolute atomic E-state index is 13.4. The summed E-state index contributed by atoms with van der Waals surface area (Å²) in [5.74, 6) is 0. The zero-order valence-electron chi connectivity index (χ0n) is 10.6. The van der Waals surface area contributed by atoms with E-state index in [1.807, 2.05) is 5.32 Å². The Morgan fingerprint density at radius 3 is 1.65 bits per heavy atom. The van der Waals surface area contributed by atoms with Crippen LogP contribution in [-0.2, 0) is 30.1 Å². The summed E-state index contributed by atoms with van der Waals surface area (Å²) in [5.41, 5.74) is -6.27. The van der Waals surface area contributed by atoms with Crippen molar-refractivity contribution in [3.8, 4) is 0 Å². The second-order valence-electron chi connectivity index (χ2n) is 3.56. The van der Waals surface area contributed by atoms with Crippen molar-refractivity contribution in [2.75, 3.05) is 19.8 Å². The van der Waals surface area contributed by atoms with E-state index in [1.165, 1.54) is 0 Å². The third-order valence-electron chi connectivity index (χ3n) is 1.86. The van der Waals surface area contributed by atoms with Crippen LogP contribution in [0.1, 0.15) is 0 Å². The molecule has 0 atom stereocenters. The molecule has 0 aliphatic rings. The highest BCUT2D eigenvalue weighted by molar-refractivity contribution is 8.13. The Morgan fingerprint density at radius 1 is 0.783 bits per heavy atom. The van der Waals surface area contributed by atoms with Gasteiger partial charge in [-0.3, -0.25) is 5.32 Å². The van der Waals surface area contributed by atoms with Crippen LogP contribution in [0.5, 0.6) is 0 Å². The van der Waals surface area contributed by atoms with Gasteiger partial charge in [0.25, 0.3) is 10.0 Å². The number of aliphatic hydroxyl groups is 1. The molecule has 0 unspecified atom stereocenters. The Bertz CT molecular complexity index is 713. The highest BCUT2D eigenvalue weighted by Crippen LogP contribution is 2.30. The first kappa shape index (κ1) is 22.3. The molecule has 0 aliphatic carbocycles. The fourth-order valence-electron chi connectivity index (χ4n) is 0.821. The van der Waals surface area contributed by atoms with Crippen molar-refractivity contribution in [3.63, 3.8) is 0 Å². The molecule has 140 valence electrons. The molecule has 0 aliphatic heterocycles. The molecule has 10 nitrogen and oxygen atoms in total. The van der Waals surface area contributed by atoms with Gasteiger partial charge in [0.2, 0.25) is 0 Å². The van der Waals surface area contributed by atoms with Crippen LogP contribution < -0.4 is 14.2 Å². The summed E-state index contributed by atoms with van der Waals surface area (Å²) in [6, 6.07) is 0. The first-order chi connectivity index (χ1) is 10.0. The van der Waals surface area contributed by atoms with Crippen LogP contribution in [0.3, 0.4) is 0 Å². The second kappa shape index (κ2) is 7.07. The third-order valence-corrected chi connectivity index (χ3v) is 7.37. The first-order valence-corrected chi connectivity index (χ1v) is 9.50. The number of nitrogens with one attached hydrogen (secondary N) is 3. The smallest absolute Gasteiger partial charge is 0.381 e. The number of rotatable bonds is 9. The van der Waals surface area contributed by atoms with Gasteiger partial charge >= 0.3 is 30.1 Å². The zero-order valence-corrected chi connectivity index (χ0v) is 13.1. The van der Waals surface area contributed by atoms with Crippen molar-refractivity contribution in [1.82, 2.24) is 14.2 Å². The predicted molar refractivity (Wildman–Crippen MR) is 64.0 cm³/mol. The van der Waals surface area contributed by atoms with Crippen molar-refractivity contribution < 1.29 is 52.3 Å². The Morgan fingerprint density at radius 2 is 1.26 bits per heavy atom. The molecule has 0 rings (SSSR count). The molecule has 0 radical (unpaired) electrons. The van der Waals surface area contributed by atoms with E-state index in [0.717, 1.165) is 4.72 Å². The lowest BCUT2D eigenvalue weighted by Gasteiger charge is -2.18. The molecule has 18 heteroatoms. The lowest BCUT2D eigenvalue weighted by molar-refractivity contribution is -0.0441. The van der Waals surface area contributed by atoms with Gasteiger partial charge in [-0.15, -0.1) is 0 Å². The molecule has 0 saturated carbocycles. The SMILES string of the molecule is O=S(=O)(NS(=O)(=O)C(F)(F)S(=O)(=O)NCCNCO)C(F)(F)F. The highest BCUT2D eigenvalue weighted by Gasteiger charge is 2.61. The van der Waals surface area contributed by atoms with Crippen LogP contribution in [0.2, 0.25) is 0 Å². The van der Waals surface area contributed by atoms with Crippen molar-refractivity contribution in [1.29, 1.82) is 0 Å². The lowest BCUT2D eigenvalue weighted by Crippen LogP contribution is -2.54. The van der Waals surface area contributed by atoms with Crippen LogP contribution in [0.15, 0.2) is 0 Å². The summed E-state index contributed by atoms with van der Waals surface area (Å²) in [5, 5.41) is 10.3. The normalized spacial score (nSPS) is 14.9. The van der Waals surface area contributed by atoms with Gasteiger partial charge in [-0.05, 0) is 0 Å². The minimum atomic E-state index is -6.81. The number of alkyl halides is 5. The molecular formula is C5H10F5N3O7S3. The van der Waals surface area contributed by atoms with Gasteiger partial charge in [-0.25, -0.2) is 30.0 Å². The summed E-state index contributed by atoms with van der Waals surface area (Å²) in [4.78, 5) is 0. The average molecular weight is 415 g/mol. The van der Waals surface area contributed by atoms with E-state index in [4.69, 9.17) is 5.11 Å². The highest BCUT2D eigenvalue weighted by atomic mass is 32.3. The predicted octanol–water partition coefficient (Wildman–Crippen LogP) is -2.24. The summed E-state index contributed by atoms with van der Waals surface area (Å²) in [6.07, 6.45) is 0. The van der Waals surface area contributed by atoms with Gasteiger partial charge < -0.3 is 5.11 Å². The van der Waals surface area contributed by atoms with Gasteiger partial charge in [0.05, 0.1) is 6.73 Å². The average Bonchev–Trinajstić information content (AvgIpc) is 2.31. The van der Waals surface area contributed by atoms with Gasteiger partial charge in [0, 0.05) is 13.1 Å². The maximum Gasteiger partial charge on any atom is 0.512 e. The van der Waals surface area contributed by atoms with Crippen molar-refractivity contribution in [2.45, 2.75) is 10.1 Å². The monoisotopic (exact) mass is 415 g/mol. The molecule has 0 spiro atoms. The van der Waals surface area contributed by atoms with E-state index in [9.17, 15) is 47.2 Å². The maximum atomic E-state index is 13.4. The van der Waals surface area contributed by atoms with Crippen molar-refractivity contribution in [3.05, 3.63) is 0 Å². The van der Waals surface area contributed by atoms with Gasteiger partial charge in [-0.2, -0.15) is 22.0 Å². The number of aliphatic hydroxyl groups excluding tert-OH is 1. The lowest BCUT2D eigenvalue weighted by atomic mass is 10.7. The topological polar surface area (TPSA) is 159 Å². The minimum absolute atomic E-state index is 0.385. The largest absolute Gasteiger partial charge is 0.512 e. The van der Waals surface area contributed by atoms with Crippen LogP contribution in [0.25, 0.3) is 0 Å². The molecule has 4 N–H and O–H groups in total. The molecule has 0 amide bonds. The Kier molecular flexibility index (Phi) is 6.87. The Labute approximate surface area is 127 Å². The van der Waals surface area contributed by atoms with Crippen molar-refractivity contribution >= 4 is 30.1 Å². The van der Waals surface area contributed by atoms with Crippen LogP contribution in [-0.4, -0.2) is 60.3 Å². The van der Waals surface area contributed by atoms with Crippen LogP contribution in [0.4, 0.5) is 22.0 Å². The number of halogens is 5. The van der Waals surface area contributed by atoms with Gasteiger partial charge in [0.1, 0.15) is 0 Å². The summed E-state index contributed by atoms with van der Waals surface area (Å²) < 4.78 is 123. The number of hydrogen-bond acceptors (Lipinski definition) is 8. The third kappa shape index (κ3) is 5.16. The molecule has 23 heavy (non-hydrogen) atoms. The molecule has 0 aromatic rings. The standard InChI is InChI=1S/C5H10F5N3O7S3/c6-4(7,8)21(15,16)13-23(19,20)5(9,10)22(17,18)12-2-1-11-3-14/h11-14H,1-3H2. The Hall–Kier alpha value is -0.660. The number of hydrogen-bond donors (Lipinski definition) is 4. The summed E-state index contributed by atoms with van der Waals surface area (Å²) >= 11 is 0. The van der Waals surface area contributed by atoms with E-state index in [-0.39, 0.29) is 4.13 Å². The molecule has 0 fully saturated rings. The fraction of sp³-hybridized carbons (Fsp3) is 1.00. The molecule has 0 saturated heterocycles. The van der Waals surface area contributed by atoms with Crippen LogP contribution in [0, 0.1) is 0 Å². The summed E-state index contributed by atoms with van der Waals surface area (Å²) in [7, 11) is -19.7. The van der Waals surface area contributed by atoms with E-state index >= 15 is 0 Å². The first-order valence-electron chi connectivity index (χ1n) is 5.05. The number of sulfonamides is 3. The van der Waals surface area contributed by atoms with Crippen LogP contribution >= 0.6 is 0 Å². The van der Waals surface area contributed by atoms with E-state index in [0.29, 0.717) is 0 Å². The molecule has 0 aromatic heterocycles. The van der Waals surface area contributed by atoms with Gasteiger partial charge in [-0.1, -0.05) is 4.13 Å².